The fourth-order valence-electron chi connectivity index (χ4n) is 2.50. The molecule has 3 rings (SSSR count). The lowest BCUT2D eigenvalue weighted by Gasteiger charge is -2.35. The van der Waals surface area contributed by atoms with E-state index in [1.54, 1.807) is 5.57 Å². The van der Waals surface area contributed by atoms with Gasteiger partial charge in [0.15, 0.2) is 0 Å². The van der Waals surface area contributed by atoms with Crippen molar-refractivity contribution < 1.29 is 0 Å². The van der Waals surface area contributed by atoms with Crippen molar-refractivity contribution in [1.29, 1.82) is 0 Å². The van der Waals surface area contributed by atoms with Crippen molar-refractivity contribution in [1.82, 2.24) is 0 Å². The Morgan fingerprint density at radius 2 is 2.00 bits per heavy atom. The predicted octanol–water partition coefficient (Wildman–Crippen LogP) is 3.14. The van der Waals surface area contributed by atoms with Crippen LogP contribution in [0.3, 0.4) is 0 Å². The van der Waals surface area contributed by atoms with E-state index in [9.17, 15) is 0 Å². The van der Waals surface area contributed by atoms with E-state index >= 15 is 0 Å². The molecule has 1 saturated carbocycles. The molecular weight excluding hydrogens is 120 g/mol. The van der Waals surface area contributed by atoms with Crippen LogP contribution in [-0.2, 0) is 0 Å². The minimum Gasteiger partial charge on any atom is -0.0819 e. The summed E-state index contributed by atoms with van der Waals surface area (Å²) in [7, 11) is 0. The first-order valence-corrected chi connectivity index (χ1v) is 4.60. The zero-order valence-electron chi connectivity index (χ0n) is 6.77. The van der Waals surface area contributed by atoms with Gasteiger partial charge in [0.2, 0.25) is 0 Å². The Hall–Kier alpha value is -0.260. The SMILES string of the molecule is CCC1=CC2CCC1CC2. The molecule has 1 fully saturated rings. The largest absolute Gasteiger partial charge is 0.0819 e. The van der Waals surface area contributed by atoms with E-state index < -0.39 is 0 Å². The summed E-state index contributed by atoms with van der Waals surface area (Å²) in [6.45, 7) is 2.30. The molecule has 0 amide bonds. The average molecular weight is 136 g/mol. The van der Waals surface area contributed by atoms with Gasteiger partial charge in [-0.15, -0.1) is 0 Å². The molecule has 0 atom stereocenters. The van der Waals surface area contributed by atoms with Crippen molar-refractivity contribution in [2.45, 2.75) is 39.0 Å². The second-order valence-electron chi connectivity index (χ2n) is 3.71. The highest BCUT2D eigenvalue weighted by Gasteiger charge is 2.27. The van der Waals surface area contributed by atoms with E-state index in [1.807, 2.05) is 0 Å². The summed E-state index contributed by atoms with van der Waals surface area (Å²) >= 11 is 0. The van der Waals surface area contributed by atoms with E-state index in [4.69, 9.17) is 0 Å². The molecule has 0 aromatic carbocycles. The number of hydrogen-bond donors (Lipinski definition) is 0. The van der Waals surface area contributed by atoms with Crippen molar-refractivity contribution >= 4 is 0 Å². The van der Waals surface area contributed by atoms with Gasteiger partial charge in [0.1, 0.15) is 0 Å². The van der Waals surface area contributed by atoms with Gasteiger partial charge in [0, 0.05) is 0 Å². The first kappa shape index (κ1) is 6.45. The fourth-order valence-corrected chi connectivity index (χ4v) is 2.50. The van der Waals surface area contributed by atoms with Crippen LogP contribution in [0.4, 0.5) is 0 Å². The highest BCUT2D eigenvalue weighted by atomic mass is 14.3. The molecule has 0 saturated heterocycles. The topological polar surface area (TPSA) is 0 Å². The lowest BCUT2D eigenvalue weighted by atomic mass is 9.71. The van der Waals surface area contributed by atoms with Crippen LogP contribution in [0.2, 0.25) is 0 Å². The number of fused-ring (bicyclic) bond motifs is 2. The third-order valence-electron chi connectivity index (χ3n) is 3.15. The molecule has 0 unspecified atom stereocenters. The Balaban J connectivity index is 2.19. The normalized spacial score (nSPS) is 37.9. The first-order valence-electron chi connectivity index (χ1n) is 4.60. The van der Waals surface area contributed by atoms with Gasteiger partial charge in [0.25, 0.3) is 0 Å². The second-order valence-corrected chi connectivity index (χ2v) is 3.71. The van der Waals surface area contributed by atoms with E-state index in [-0.39, 0.29) is 0 Å². The highest BCUT2D eigenvalue weighted by molar-refractivity contribution is 5.15. The molecule has 0 N–H and O–H groups in total. The van der Waals surface area contributed by atoms with E-state index in [1.165, 1.54) is 32.1 Å². The zero-order chi connectivity index (χ0) is 6.97. The Bertz CT molecular complexity index is 147. The zero-order valence-corrected chi connectivity index (χ0v) is 6.77. The van der Waals surface area contributed by atoms with Crippen LogP contribution in [0.15, 0.2) is 11.6 Å². The lowest BCUT2D eigenvalue weighted by Crippen LogP contribution is -2.21. The third-order valence-corrected chi connectivity index (χ3v) is 3.15. The standard InChI is InChI=1S/C10H16/c1-2-9-7-8-3-5-10(9)6-4-8/h7-8,10H,2-6H2,1H3. The Kier molecular flexibility index (Phi) is 1.55. The van der Waals surface area contributed by atoms with Crippen LogP contribution in [0.1, 0.15) is 39.0 Å². The highest BCUT2D eigenvalue weighted by Crippen LogP contribution is 2.41. The molecule has 2 bridgehead atoms. The van der Waals surface area contributed by atoms with Crippen LogP contribution in [-0.4, -0.2) is 0 Å². The minimum absolute atomic E-state index is 0.972. The molecule has 3 aliphatic carbocycles. The van der Waals surface area contributed by atoms with Gasteiger partial charge in [-0.05, 0) is 43.9 Å². The summed E-state index contributed by atoms with van der Waals surface area (Å²) in [6.07, 6.45) is 9.80. The van der Waals surface area contributed by atoms with Gasteiger partial charge in [0.05, 0.1) is 0 Å². The molecule has 3 aliphatic rings. The van der Waals surface area contributed by atoms with Gasteiger partial charge >= 0.3 is 0 Å². The van der Waals surface area contributed by atoms with Crippen molar-refractivity contribution in [2.24, 2.45) is 11.8 Å². The van der Waals surface area contributed by atoms with Gasteiger partial charge in [-0.2, -0.15) is 0 Å². The van der Waals surface area contributed by atoms with Crippen LogP contribution >= 0.6 is 0 Å². The molecule has 0 heterocycles. The smallest absolute Gasteiger partial charge is 0.0203 e. The van der Waals surface area contributed by atoms with Crippen molar-refractivity contribution in [3.63, 3.8) is 0 Å². The molecule has 56 valence electrons. The molecule has 0 aromatic heterocycles. The van der Waals surface area contributed by atoms with Gasteiger partial charge in [-0.1, -0.05) is 18.6 Å². The summed E-state index contributed by atoms with van der Waals surface area (Å²) in [5.74, 6) is 1.97. The maximum absolute atomic E-state index is 2.55. The Morgan fingerprint density at radius 1 is 1.30 bits per heavy atom. The quantitative estimate of drug-likeness (QED) is 0.486. The molecular formula is C10H16. The van der Waals surface area contributed by atoms with Crippen LogP contribution in [0, 0.1) is 11.8 Å². The maximum Gasteiger partial charge on any atom is -0.0203 e. The second kappa shape index (κ2) is 2.41. The lowest BCUT2D eigenvalue weighted by molar-refractivity contribution is 0.307. The maximum atomic E-state index is 2.55. The van der Waals surface area contributed by atoms with Gasteiger partial charge in [-0.25, -0.2) is 0 Å². The fraction of sp³-hybridized carbons (Fsp3) is 0.800. The summed E-state index contributed by atoms with van der Waals surface area (Å²) in [5, 5.41) is 0. The summed E-state index contributed by atoms with van der Waals surface area (Å²) < 4.78 is 0. The summed E-state index contributed by atoms with van der Waals surface area (Å²) in [4.78, 5) is 0. The van der Waals surface area contributed by atoms with E-state index in [0.717, 1.165) is 11.8 Å². The predicted molar refractivity (Wildman–Crippen MR) is 43.8 cm³/mol. The first-order chi connectivity index (χ1) is 4.90. The molecule has 0 nitrogen and oxygen atoms in total. The van der Waals surface area contributed by atoms with Gasteiger partial charge in [-0.3, -0.25) is 0 Å². The van der Waals surface area contributed by atoms with Gasteiger partial charge < -0.3 is 0 Å². The Labute approximate surface area is 63.3 Å². The molecule has 0 spiro atoms. The van der Waals surface area contributed by atoms with Crippen molar-refractivity contribution in [3.8, 4) is 0 Å². The Morgan fingerprint density at radius 3 is 2.30 bits per heavy atom. The number of hydrogen-bond acceptors (Lipinski definition) is 0. The van der Waals surface area contributed by atoms with Crippen molar-refractivity contribution in [3.05, 3.63) is 11.6 Å². The number of allylic oxidation sites excluding steroid dienone is 2. The molecule has 10 heavy (non-hydrogen) atoms. The molecule has 0 heteroatoms. The monoisotopic (exact) mass is 136 g/mol. The third kappa shape index (κ3) is 0.902. The number of rotatable bonds is 1. The van der Waals surface area contributed by atoms with Crippen LogP contribution in [0.25, 0.3) is 0 Å². The van der Waals surface area contributed by atoms with E-state index in [2.05, 4.69) is 13.0 Å². The van der Waals surface area contributed by atoms with Crippen LogP contribution in [0.5, 0.6) is 0 Å². The molecule has 0 aromatic rings. The minimum atomic E-state index is 0.972. The molecule has 0 radical (unpaired) electrons. The summed E-state index contributed by atoms with van der Waals surface area (Å²) in [6, 6.07) is 0. The van der Waals surface area contributed by atoms with Crippen molar-refractivity contribution in [2.75, 3.05) is 0 Å². The average Bonchev–Trinajstić information content (AvgIpc) is 2.06. The molecule has 0 aliphatic heterocycles. The van der Waals surface area contributed by atoms with E-state index in [0.29, 0.717) is 0 Å². The van der Waals surface area contributed by atoms with Crippen LogP contribution < -0.4 is 0 Å². The summed E-state index contributed by atoms with van der Waals surface area (Å²) in [5.41, 5.74) is 1.77.